The van der Waals surface area contributed by atoms with Crippen molar-refractivity contribution in [3.63, 3.8) is 0 Å². The highest BCUT2D eigenvalue weighted by atomic mass is 19.1. The predicted octanol–water partition coefficient (Wildman–Crippen LogP) is 3.09. The van der Waals surface area contributed by atoms with Crippen molar-refractivity contribution in [3.05, 3.63) is 35.6 Å². The van der Waals surface area contributed by atoms with Gasteiger partial charge in [0.25, 0.3) is 0 Å². The monoisotopic (exact) mass is 265 g/mol. The second kappa shape index (κ2) is 7.67. The zero-order chi connectivity index (χ0) is 14.3. The number of carbonyl (C=O) groups excluding carboxylic acids is 2. The summed E-state index contributed by atoms with van der Waals surface area (Å²) in [4.78, 5) is 23.3. The highest BCUT2D eigenvalue weighted by Crippen LogP contribution is 2.08. The number of nitrogens with one attached hydrogen (secondary N) is 1. The molecule has 0 heterocycles. The van der Waals surface area contributed by atoms with Crippen LogP contribution in [0.1, 0.15) is 49.9 Å². The zero-order valence-corrected chi connectivity index (χ0v) is 11.4. The Labute approximate surface area is 113 Å². The Bertz CT molecular complexity index is 428. The molecule has 0 aromatic heterocycles. The van der Waals surface area contributed by atoms with Crippen LogP contribution in [0.25, 0.3) is 0 Å². The highest BCUT2D eigenvalue weighted by molar-refractivity contribution is 5.96. The number of carbonyl (C=O) groups is 2. The molecule has 3 nitrogen and oxygen atoms in total. The second-order valence-electron chi connectivity index (χ2n) is 4.66. The first-order valence-electron chi connectivity index (χ1n) is 6.61. The van der Waals surface area contributed by atoms with E-state index >= 15 is 0 Å². The molecule has 1 N–H and O–H groups in total. The smallest absolute Gasteiger partial charge is 0.220 e. The van der Waals surface area contributed by atoms with E-state index < -0.39 is 0 Å². The van der Waals surface area contributed by atoms with Gasteiger partial charge in [-0.3, -0.25) is 9.59 Å². The first kappa shape index (κ1) is 15.3. The average Bonchev–Trinajstić information content (AvgIpc) is 2.39. The van der Waals surface area contributed by atoms with Gasteiger partial charge in [-0.05, 0) is 44.0 Å². The Kier molecular flexibility index (Phi) is 6.19. The van der Waals surface area contributed by atoms with Gasteiger partial charge in [0.15, 0.2) is 5.78 Å². The summed E-state index contributed by atoms with van der Waals surface area (Å²) in [7, 11) is 0. The van der Waals surface area contributed by atoms with E-state index in [-0.39, 0.29) is 23.5 Å². The van der Waals surface area contributed by atoms with Crippen LogP contribution >= 0.6 is 0 Å². The Hall–Kier alpha value is -1.71. The van der Waals surface area contributed by atoms with Crippen molar-refractivity contribution >= 4 is 11.7 Å². The molecule has 0 saturated carbocycles. The number of halogens is 1. The Morgan fingerprint density at radius 3 is 2.42 bits per heavy atom. The van der Waals surface area contributed by atoms with Crippen LogP contribution in [0.15, 0.2) is 24.3 Å². The van der Waals surface area contributed by atoms with Gasteiger partial charge in [0.1, 0.15) is 5.82 Å². The third kappa shape index (κ3) is 5.64. The molecule has 0 saturated heterocycles. The van der Waals surface area contributed by atoms with Crippen LogP contribution in [0, 0.1) is 5.82 Å². The summed E-state index contributed by atoms with van der Waals surface area (Å²) in [5.41, 5.74) is 0.490. The molecular weight excluding hydrogens is 245 g/mol. The topological polar surface area (TPSA) is 46.2 Å². The van der Waals surface area contributed by atoms with E-state index in [9.17, 15) is 14.0 Å². The van der Waals surface area contributed by atoms with Gasteiger partial charge in [-0.2, -0.15) is 0 Å². The van der Waals surface area contributed by atoms with Gasteiger partial charge in [0, 0.05) is 24.4 Å². The number of hydrogen-bond acceptors (Lipinski definition) is 2. The molecule has 0 bridgehead atoms. The number of Topliss-reactive ketones (excluding diaryl/α,β-unsaturated/α-hetero) is 1. The van der Waals surface area contributed by atoms with Crippen molar-refractivity contribution in [2.45, 2.75) is 45.6 Å². The minimum absolute atomic E-state index is 0.0266. The third-order valence-corrected chi connectivity index (χ3v) is 2.99. The number of hydrogen-bond donors (Lipinski definition) is 1. The maximum absolute atomic E-state index is 12.7. The highest BCUT2D eigenvalue weighted by Gasteiger charge is 2.09. The molecule has 0 fully saturated rings. The van der Waals surface area contributed by atoms with Crippen molar-refractivity contribution in [2.24, 2.45) is 0 Å². The number of benzene rings is 1. The van der Waals surface area contributed by atoms with Crippen molar-refractivity contribution in [1.29, 1.82) is 0 Å². The summed E-state index contributed by atoms with van der Waals surface area (Å²) in [6.07, 6.45) is 2.05. The molecular formula is C15H20FNO2. The molecule has 1 aromatic rings. The van der Waals surface area contributed by atoms with E-state index in [1.165, 1.54) is 24.3 Å². The molecule has 1 rings (SSSR count). The summed E-state index contributed by atoms with van der Waals surface area (Å²) in [6, 6.07) is 5.64. The Morgan fingerprint density at radius 2 is 1.84 bits per heavy atom. The Balaban J connectivity index is 2.31. The first-order valence-corrected chi connectivity index (χ1v) is 6.61. The lowest BCUT2D eigenvalue weighted by molar-refractivity contribution is -0.121. The lowest BCUT2D eigenvalue weighted by Gasteiger charge is -2.10. The number of rotatable bonds is 7. The van der Waals surface area contributed by atoms with Gasteiger partial charge in [-0.1, -0.05) is 6.92 Å². The third-order valence-electron chi connectivity index (χ3n) is 2.99. The van der Waals surface area contributed by atoms with Gasteiger partial charge in [0.05, 0.1) is 0 Å². The average molecular weight is 265 g/mol. The van der Waals surface area contributed by atoms with Crippen molar-refractivity contribution < 1.29 is 14.0 Å². The van der Waals surface area contributed by atoms with E-state index in [0.717, 1.165) is 6.42 Å². The fraction of sp³-hybridized carbons (Fsp3) is 0.467. The maximum Gasteiger partial charge on any atom is 0.220 e. The SMILES string of the molecule is CCC(C)NC(=O)CCCC(=O)c1ccc(F)cc1. The fourth-order valence-corrected chi connectivity index (χ4v) is 1.64. The standard InChI is InChI=1S/C15H20FNO2/c1-3-11(2)17-15(19)6-4-5-14(18)12-7-9-13(16)10-8-12/h7-11H,3-6H2,1-2H3,(H,17,19). The molecule has 4 heteroatoms. The van der Waals surface area contributed by atoms with E-state index in [0.29, 0.717) is 24.8 Å². The van der Waals surface area contributed by atoms with Crippen molar-refractivity contribution in [1.82, 2.24) is 5.32 Å². The lowest BCUT2D eigenvalue weighted by atomic mass is 10.1. The van der Waals surface area contributed by atoms with Gasteiger partial charge in [0.2, 0.25) is 5.91 Å². The van der Waals surface area contributed by atoms with Gasteiger partial charge >= 0.3 is 0 Å². The predicted molar refractivity (Wildman–Crippen MR) is 72.5 cm³/mol. The minimum Gasteiger partial charge on any atom is -0.354 e. The van der Waals surface area contributed by atoms with E-state index in [1.807, 2.05) is 13.8 Å². The summed E-state index contributed by atoms with van der Waals surface area (Å²) < 4.78 is 12.7. The summed E-state index contributed by atoms with van der Waals surface area (Å²) in [5, 5.41) is 2.85. The molecule has 1 aromatic carbocycles. The zero-order valence-electron chi connectivity index (χ0n) is 11.4. The molecule has 0 aliphatic carbocycles. The van der Waals surface area contributed by atoms with Crippen LogP contribution in [0.5, 0.6) is 0 Å². The summed E-state index contributed by atoms with van der Waals surface area (Å²) >= 11 is 0. The van der Waals surface area contributed by atoms with Crippen LogP contribution in [-0.2, 0) is 4.79 Å². The van der Waals surface area contributed by atoms with Gasteiger partial charge < -0.3 is 5.32 Å². The summed E-state index contributed by atoms with van der Waals surface area (Å²) in [5.74, 6) is -0.443. The minimum atomic E-state index is -0.357. The fourth-order valence-electron chi connectivity index (χ4n) is 1.64. The largest absolute Gasteiger partial charge is 0.354 e. The quantitative estimate of drug-likeness (QED) is 0.770. The maximum atomic E-state index is 12.7. The normalized spacial score (nSPS) is 11.9. The van der Waals surface area contributed by atoms with Crippen molar-refractivity contribution in [3.8, 4) is 0 Å². The lowest BCUT2D eigenvalue weighted by Crippen LogP contribution is -2.31. The second-order valence-corrected chi connectivity index (χ2v) is 4.66. The van der Waals surface area contributed by atoms with Crippen molar-refractivity contribution in [2.75, 3.05) is 0 Å². The molecule has 19 heavy (non-hydrogen) atoms. The van der Waals surface area contributed by atoms with E-state index in [2.05, 4.69) is 5.32 Å². The molecule has 0 spiro atoms. The molecule has 1 amide bonds. The van der Waals surface area contributed by atoms with Crippen LogP contribution in [0.2, 0.25) is 0 Å². The van der Waals surface area contributed by atoms with Crippen LogP contribution in [0.4, 0.5) is 4.39 Å². The molecule has 0 aliphatic heterocycles. The van der Waals surface area contributed by atoms with Crippen LogP contribution in [0.3, 0.4) is 0 Å². The number of ketones is 1. The van der Waals surface area contributed by atoms with E-state index in [4.69, 9.17) is 0 Å². The van der Waals surface area contributed by atoms with Crippen LogP contribution < -0.4 is 5.32 Å². The molecule has 1 unspecified atom stereocenters. The number of amides is 1. The molecule has 0 aliphatic rings. The molecule has 1 atom stereocenters. The van der Waals surface area contributed by atoms with E-state index in [1.54, 1.807) is 0 Å². The molecule has 104 valence electrons. The van der Waals surface area contributed by atoms with Gasteiger partial charge in [-0.25, -0.2) is 4.39 Å². The Morgan fingerprint density at radius 1 is 1.21 bits per heavy atom. The summed E-state index contributed by atoms with van der Waals surface area (Å²) in [6.45, 7) is 3.95. The van der Waals surface area contributed by atoms with Gasteiger partial charge in [-0.15, -0.1) is 0 Å². The first-order chi connectivity index (χ1) is 9.02. The van der Waals surface area contributed by atoms with Crippen LogP contribution in [-0.4, -0.2) is 17.7 Å². The molecule has 0 radical (unpaired) electrons.